The number of amides is 2. The molecule has 1 heterocycles. The van der Waals surface area contributed by atoms with E-state index < -0.39 is 35.7 Å². The summed E-state index contributed by atoms with van der Waals surface area (Å²) in [4.78, 5) is 46.4. The third-order valence-electron chi connectivity index (χ3n) is 3.53. The average molecular weight is 300 g/mol. The molecule has 0 radical (unpaired) electrons. The van der Waals surface area contributed by atoms with Crippen LogP contribution in [0.2, 0.25) is 0 Å². The summed E-state index contributed by atoms with van der Waals surface area (Å²) in [7, 11) is 0. The molecule has 1 saturated heterocycles. The van der Waals surface area contributed by atoms with Gasteiger partial charge < -0.3 is 20.4 Å². The molecule has 1 aliphatic heterocycles. The van der Waals surface area contributed by atoms with E-state index >= 15 is 0 Å². The maximum atomic E-state index is 12.0. The lowest BCUT2D eigenvalue weighted by Crippen LogP contribution is -2.53. The first kappa shape index (κ1) is 16.9. The third kappa shape index (κ3) is 4.73. The summed E-state index contributed by atoms with van der Waals surface area (Å²) >= 11 is 0. The molecule has 1 rings (SSSR count). The topological polar surface area (TPSA) is 124 Å². The highest BCUT2D eigenvalue weighted by atomic mass is 16.4. The Kier molecular flexibility index (Phi) is 6.13. The number of nitrogens with one attached hydrogen (secondary N) is 1. The minimum Gasteiger partial charge on any atom is -0.481 e. The Morgan fingerprint density at radius 2 is 1.90 bits per heavy atom. The summed E-state index contributed by atoms with van der Waals surface area (Å²) in [6.45, 7) is 1.81. The van der Waals surface area contributed by atoms with Crippen molar-refractivity contribution in [2.24, 2.45) is 5.92 Å². The molecule has 3 N–H and O–H groups in total. The largest absolute Gasteiger partial charge is 0.481 e. The molecule has 8 heteroatoms. The van der Waals surface area contributed by atoms with Crippen LogP contribution in [0.5, 0.6) is 0 Å². The molecule has 0 saturated carbocycles. The number of carbonyl (C=O) groups excluding carboxylic acids is 2. The fourth-order valence-corrected chi connectivity index (χ4v) is 2.16. The first-order valence-corrected chi connectivity index (χ1v) is 6.89. The van der Waals surface area contributed by atoms with Crippen LogP contribution in [0.15, 0.2) is 0 Å². The summed E-state index contributed by atoms with van der Waals surface area (Å²) in [6, 6.07) is -0.963. The van der Waals surface area contributed by atoms with Crippen molar-refractivity contribution < 1.29 is 29.4 Å². The Labute approximate surface area is 122 Å². The van der Waals surface area contributed by atoms with E-state index in [4.69, 9.17) is 10.2 Å². The number of rotatable bonds is 5. The first-order valence-electron chi connectivity index (χ1n) is 6.89. The molecule has 1 unspecified atom stereocenters. The molecule has 2 atom stereocenters. The van der Waals surface area contributed by atoms with E-state index in [9.17, 15) is 19.2 Å². The molecule has 1 aliphatic rings. The van der Waals surface area contributed by atoms with Gasteiger partial charge in [0.15, 0.2) is 0 Å². The number of hydrogen-bond acceptors (Lipinski definition) is 4. The van der Waals surface area contributed by atoms with Gasteiger partial charge >= 0.3 is 23.8 Å². The van der Waals surface area contributed by atoms with Crippen LogP contribution in [-0.4, -0.2) is 58.0 Å². The van der Waals surface area contributed by atoms with Gasteiger partial charge in [0.2, 0.25) is 0 Å². The van der Waals surface area contributed by atoms with Gasteiger partial charge in [-0.3, -0.25) is 14.4 Å². The van der Waals surface area contributed by atoms with Gasteiger partial charge in [-0.1, -0.05) is 6.92 Å². The van der Waals surface area contributed by atoms with Gasteiger partial charge in [-0.05, 0) is 25.7 Å². The maximum Gasteiger partial charge on any atom is 0.326 e. The number of likely N-dealkylation sites (tertiary alicyclic amines) is 1. The van der Waals surface area contributed by atoms with Crippen molar-refractivity contribution in [3.05, 3.63) is 0 Å². The molecule has 1 fully saturated rings. The van der Waals surface area contributed by atoms with E-state index in [-0.39, 0.29) is 19.5 Å². The summed E-state index contributed by atoms with van der Waals surface area (Å²) in [5.74, 6) is -4.47. The molecule has 21 heavy (non-hydrogen) atoms. The molecule has 0 bridgehead atoms. The van der Waals surface area contributed by atoms with E-state index in [1.807, 2.05) is 0 Å². The smallest absolute Gasteiger partial charge is 0.326 e. The number of aliphatic carboxylic acids is 2. The molecule has 0 aromatic rings. The molecule has 2 amide bonds. The zero-order valence-electron chi connectivity index (χ0n) is 11.9. The van der Waals surface area contributed by atoms with E-state index in [1.54, 1.807) is 0 Å². The summed E-state index contributed by atoms with van der Waals surface area (Å²) in [6.07, 6.45) is 1.92. The second kappa shape index (κ2) is 7.61. The molecule has 0 aromatic carbocycles. The van der Waals surface area contributed by atoms with Gasteiger partial charge in [-0.2, -0.15) is 0 Å². The molecule has 0 aromatic heterocycles. The monoisotopic (exact) mass is 300 g/mol. The Balaban J connectivity index is 2.51. The van der Waals surface area contributed by atoms with E-state index in [1.165, 1.54) is 6.92 Å². The fourth-order valence-electron chi connectivity index (χ4n) is 2.16. The Morgan fingerprint density at radius 3 is 2.48 bits per heavy atom. The number of carbonyl (C=O) groups is 4. The van der Waals surface area contributed by atoms with Crippen LogP contribution < -0.4 is 5.32 Å². The summed E-state index contributed by atoms with van der Waals surface area (Å²) in [5, 5.41) is 20.1. The van der Waals surface area contributed by atoms with Crippen molar-refractivity contribution in [3.63, 3.8) is 0 Å². The lowest BCUT2D eigenvalue weighted by atomic mass is 10.0. The van der Waals surface area contributed by atoms with Crippen molar-refractivity contribution in [2.75, 3.05) is 13.1 Å². The fraction of sp³-hybridized carbons (Fsp3) is 0.692. The predicted molar refractivity (Wildman–Crippen MR) is 71.4 cm³/mol. The van der Waals surface area contributed by atoms with Crippen molar-refractivity contribution in [3.8, 4) is 0 Å². The second-order valence-electron chi connectivity index (χ2n) is 5.13. The van der Waals surface area contributed by atoms with Gasteiger partial charge in [0.05, 0.1) is 5.92 Å². The highest BCUT2D eigenvalue weighted by molar-refractivity contribution is 6.35. The molecule has 8 nitrogen and oxygen atoms in total. The Hall–Kier alpha value is -2.12. The average Bonchev–Trinajstić information content (AvgIpc) is 2.45. The molecule has 0 aliphatic carbocycles. The molecule has 0 spiro atoms. The van der Waals surface area contributed by atoms with Crippen LogP contribution in [0.25, 0.3) is 0 Å². The highest BCUT2D eigenvalue weighted by Gasteiger charge is 2.34. The van der Waals surface area contributed by atoms with Crippen LogP contribution in [-0.2, 0) is 19.2 Å². The van der Waals surface area contributed by atoms with Gasteiger partial charge in [-0.15, -0.1) is 0 Å². The number of carboxylic acids is 2. The predicted octanol–water partition coefficient (Wildman–Crippen LogP) is -0.321. The number of piperidine rings is 1. The molecular formula is C13H20N2O6. The van der Waals surface area contributed by atoms with Gasteiger partial charge in [-0.25, -0.2) is 4.79 Å². The van der Waals surface area contributed by atoms with Crippen molar-refractivity contribution in [2.45, 2.75) is 38.6 Å². The standard InChI is InChI=1S/C13H20N2O6/c1-8(12(18)19)5-6-14-10(16)11(17)15-7-3-2-4-9(15)13(20)21/h8-9H,2-7H2,1H3,(H,14,16)(H,18,19)(H,20,21)/t8?,9-/m1/s1. The Bertz CT molecular complexity index is 436. The lowest BCUT2D eigenvalue weighted by molar-refractivity contribution is -0.156. The highest BCUT2D eigenvalue weighted by Crippen LogP contribution is 2.17. The molecule has 118 valence electrons. The lowest BCUT2D eigenvalue weighted by Gasteiger charge is -2.32. The van der Waals surface area contributed by atoms with Crippen LogP contribution >= 0.6 is 0 Å². The van der Waals surface area contributed by atoms with Crippen LogP contribution in [0.1, 0.15) is 32.6 Å². The minimum absolute atomic E-state index is 0.0591. The van der Waals surface area contributed by atoms with Gasteiger partial charge in [0.25, 0.3) is 0 Å². The maximum absolute atomic E-state index is 12.0. The number of carboxylic acid groups (broad SMARTS) is 2. The minimum atomic E-state index is -1.12. The number of nitrogens with zero attached hydrogens (tertiary/aromatic N) is 1. The Morgan fingerprint density at radius 1 is 1.24 bits per heavy atom. The van der Waals surface area contributed by atoms with E-state index in [0.29, 0.717) is 19.3 Å². The third-order valence-corrected chi connectivity index (χ3v) is 3.53. The first-order chi connectivity index (χ1) is 9.84. The summed E-state index contributed by atoms with van der Waals surface area (Å²) < 4.78 is 0. The zero-order valence-corrected chi connectivity index (χ0v) is 11.9. The summed E-state index contributed by atoms with van der Waals surface area (Å²) in [5.41, 5.74) is 0. The van der Waals surface area contributed by atoms with Crippen molar-refractivity contribution in [1.29, 1.82) is 0 Å². The van der Waals surface area contributed by atoms with Crippen LogP contribution in [0, 0.1) is 5.92 Å². The number of hydrogen-bond donors (Lipinski definition) is 3. The SMILES string of the molecule is CC(CCNC(=O)C(=O)N1CCCC[C@@H]1C(=O)O)C(=O)O. The van der Waals surface area contributed by atoms with Crippen LogP contribution in [0.4, 0.5) is 0 Å². The van der Waals surface area contributed by atoms with Crippen molar-refractivity contribution >= 4 is 23.8 Å². The zero-order chi connectivity index (χ0) is 16.0. The van der Waals surface area contributed by atoms with E-state index in [2.05, 4.69) is 5.32 Å². The normalized spacial score (nSPS) is 19.7. The van der Waals surface area contributed by atoms with Crippen LogP contribution in [0.3, 0.4) is 0 Å². The van der Waals surface area contributed by atoms with Crippen molar-refractivity contribution in [1.82, 2.24) is 10.2 Å². The van der Waals surface area contributed by atoms with Gasteiger partial charge in [0, 0.05) is 13.1 Å². The van der Waals surface area contributed by atoms with E-state index in [0.717, 1.165) is 4.90 Å². The molecular weight excluding hydrogens is 280 g/mol. The second-order valence-corrected chi connectivity index (χ2v) is 5.13. The van der Waals surface area contributed by atoms with Gasteiger partial charge in [0.1, 0.15) is 6.04 Å². The quantitative estimate of drug-likeness (QED) is 0.598.